The van der Waals surface area contributed by atoms with Gasteiger partial charge in [0.05, 0.1) is 11.4 Å². The van der Waals surface area contributed by atoms with E-state index < -0.39 is 24.2 Å². The van der Waals surface area contributed by atoms with E-state index in [-0.39, 0.29) is 11.5 Å². The quantitative estimate of drug-likeness (QED) is 0.0750. The summed E-state index contributed by atoms with van der Waals surface area (Å²) in [4.78, 5) is 38.0. The lowest BCUT2D eigenvalue weighted by molar-refractivity contribution is -0.112. The standard InChI is InChI=1S/C36H31N3O6/c1-23(40)24-15-17-25(18-16-24)38-36(43)45-35(29-19-20-32(41)28-12-6-5-11-27(28)29)33(44-26-9-3-2-4-10-26)21-22-34(42)39-31-14-8-7-13-30(31)37/h2-22,33,35,41H,37H2,1H3,(H,38,43)(H,39,42)/b22-21+/t33-,35-/m1/s1. The van der Waals surface area contributed by atoms with Gasteiger partial charge >= 0.3 is 6.09 Å². The van der Waals surface area contributed by atoms with E-state index >= 15 is 0 Å². The van der Waals surface area contributed by atoms with Crippen LogP contribution in [0.2, 0.25) is 0 Å². The molecule has 0 aliphatic rings. The molecule has 0 heterocycles. The highest BCUT2D eigenvalue weighted by Gasteiger charge is 2.30. The first kappa shape index (κ1) is 30.4. The molecule has 9 heteroatoms. The second-order valence-electron chi connectivity index (χ2n) is 10.1. The number of ether oxygens (including phenoxy) is 2. The second-order valence-corrected chi connectivity index (χ2v) is 10.1. The van der Waals surface area contributed by atoms with Gasteiger partial charge in [0.2, 0.25) is 5.91 Å². The number of fused-ring (bicyclic) bond motifs is 1. The lowest BCUT2D eigenvalue weighted by atomic mass is 9.96. The van der Waals surface area contributed by atoms with E-state index in [4.69, 9.17) is 15.2 Å². The molecular weight excluding hydrogens is 570 g/mol. The summed E-state index contributed by atoms with van der Waals surface area (Å²) in [6, 6.07) is 32.5. The van der Waals surface area contributed by atoms with Crippen molar-refractivity contribution in [3.8, 4) is 11.5 Å². The lowest BCUT2D eigenvalue weighted by Crippen LogP contribution is -2.30. The number of phenolic OH excluding ortho intramolecular Hbond substituents is 1. The molecule has 2 atom stereocenters. The molecule has 5 aromatic rings. The Morgan fingerprint density at radius 2 is 1.44 bits per heavy atom. The third kappa shape index (κ3) is 7.66. The summed E-state index contributed by atoms with van der Waals surface area (Å²) in [6.07, 6.45) is -0.118. The summed E-state index contributed by atoms with van der Waals surface area (Å²) in [6.45, 7) is 1.46. The third-order valence-corrected chi connectivity index (χ3v) is 6.98. The van der Waals surface area contributed by atoms with Gasteiger partial charge in [0, 0.05) is 28.3 Å². The summed E-state index contributed by atoms with van der Waals surface area (Å²) < 4.78 is 12.4. The van der Waals surface area contributed by atoms with Crippen LogP contribution in [0.3, 0.4) is 0 Å². The molecule has 0 saturated heterocycles. The number of nitrogens with two attached hydrogens (primary N) is 1. The number of Topliss-reactive ketones (excluding diaryl/α,β-unsaturated/α-hetero) is 1. The molecule has 0 aromatic heterocycles. The highest BCUT2D eigenvalue weighted by Crippen LogP contribution is 2.36. The molecule has 226 valence electrons. The Kier molecular flexibility index (Phi) is 9.40. The zero-order valence-electron chi connectivity index (χ0n) is 24.3. The number of hydrogen-bond donors (Lipinski definition) is 4. The van der Waals surface area contributed by atoms with E-state index in [1.165, 1.54) is 25.1 Å². The molecule has 0 fully saturated rings. The van der Waals surface area contributed by atoms with E-state index in [1.807, 2.05) is 6.07 Å². The van der Waals surface area contributed by atoms with Crippen molar-refractivity contribution in [3.05, 3.63) is 139 Å². The topological polar surface area (TPSA) is 140 Å². The van der Waals surface area contributed by atoms with Crippen LogP contribution in [0.15, 0.2) is 127 Å². The van der Waals surface area contributed by atoms with Gasteiger partial charge in [-0.3, -0.25) is 14.9 Å². The average molecular weight is 602 g/mol. The third-order valence-electron chi connectivity index (χ3n) is 6.98. The highest BCUT2D eigenvalue weighted by atomic mass is 16.6. The monoisotopic (exact) mass is 601 g/mol. The van der Waals surface area contributed by atoms with Crippen molar-refractivity contribution in [2.24, 2.45) is 0 Å². The Balaban J connectivity index is 1.52. The number of nitrogens with one attached hydrogen (secondary N) is 2. The van der Waals surface area contributed by atoms with Crippen LogP contribution in [0, 0.1) is 0 Å². The summed E-state index contributed by atoms with van der Waals surface area (Å²) >= 11 is 0. The van der Waals surface area contributed by atoms with Crippen molar-refractivity contribution in [3.63, 3.8) is 0 Å². The van der Waals surface area contributed by atoms with Gasteiger partial charge in [-0.05, 0) is 73.0 Å². The number of para-hydroxylation sites is 3. The molecule has 0 radical (unpaired) electrons. The van der Waals surface area contributed by atoms with Crippen molar-refractivity contribution in [1.29, 1.82) is 0 Å². The largest absolute Gasteiger partial charge is 0.507 e. The minimum atomic E-state index is -1.10. The number of amides is 2. The molecule has 45 heavy (non-hydrogen) atoms. The molecule has 5 aromatic carbocycles. The minimum Gasteiger partial charge on any atom is -0.507 e. The van der Waals surface area contributed by atoms with Crippen LogP contribution in [0.25, 0.3) is 10.8 Å². The molecule has 0 saturated carbocycles. The molecule has 9 nitrogen and oxygen atoms in total. The van der Waals surface area contributed by atoms with Crippen molar-refractivity contribution in [2.75, 3.05) is 16.4 Å². The van der Waals surface area contributed by atoms with Crippen molar-refractivity contribution >= 4 is 45.6 Å². The highest BCUT2D eigenvalue weighted by molar-refractivity contribution is 6.01. The zero-order valence-corrected chi connectivity index (χ0v) is 24.3. The second kappa shape index (κ2) is 13.9. The average Bonchev–Trinajstić information content (AvgIpc) is 3.04. The summed E-state index contributed by atoms with van der Waals surface area (Å²) in [5.41, 5.74) is 8.28. The van der Waals surface area contributed by atoms with Gasteiger partial charge < -0.3 is 25.6 Å². The first-order valence-corrected chi connectivity index (χ1v) is 14.1. The normalized spacial score (nSPS) is 12.3. The fourth-order valence-electron chi connectivity index (χ4n) is 4.74. The molecule has 0 spiro atoms. The van der Waals surface area contributed by atoms with Gasteiger partial charge in [0.25, 0.3) is 0 Å². The Labute approximate surface area is 259 Å². The number of benzene rings is 5. The number of nitrogen functional groups attached to an aromatic ring is 1. The summed E-state index contributed by atoms with van der Waals surface area (Å²) in [7, 11) is 0. The Hall–Kier alpha value is -6.09. The number of carbonyl (C=O) groups excluding carboxylic acids is 3. The molecule has 2 amide bonds. The van der Waals surface area contributed by atoms with Crippen LogP contribution in [0.4, 0.5) is 21.9 Å². The first-order chi connectivity index (χ1) is 21.8. The summed E-state index contributed by atoms with van der Waals surface area (Å²) in [5.74, 6) is -0.0512. The van der Waals surface area contributed by atoms with Gasteiger partial charge in [0.1, 0.15) is 11.5 Å². The van der Waals surface area contributed by atoms with Crippen LogP contribution in [0.1, 0.15) is 28.9 Å². The number of carbonyl (C=O) groups is 3. The fourth-order valence-corrected chi connectivity index (χ4v) is 4.74. The zero-order chi connectivity index (χ0) is 31.8. The number of hydrogen-bond acceptors (Lipinski definition) is 7. The van der Waals surface area contributed by atoms with Crippen LogP contribution in [0.5, 0.6) is 11.5 Å². The molecule has 5 N–H and O–H groups in total. The van der Waals surface area contributed by atoms with E-state index in [0.29, 0.717) is 44.7 Å². The van der Waals surface area contributed by atoms with E-state index in [2.05, 4.69) is 10.6 Å². The molecule has 0 aliphatic carbocycles. The van der Waals surface area contributed by atoms with Crippen molar-refractivity contribution in [2.45, 2.75) is 19.1 Å². The molecule has 0 aliphatic heterocycles. The number of anilines is 3. The molecular formula is C36H31N3O6. The van der Waals surface area contributed by atoms with E-state index in [1.54, 1.807) is 103 Å². The fraction of sp³-hybridized carbons (Fsp3) is 0.0833. The maximum atomic E-state index is 13.4. The maximum Gasteiger partial charge on any atom is 0.412 e. The predicted molar refractivity (Wildman–Crippen MR) is 174 cm³/mol. The number of ketones is 1. The minimum absolute atomic E-state index is 0.0546. The SMILES string of the molecule is CC(=O)c1ccc(NC(=O)O[C@H](c2ccc(O)c3ccccc23)[C@@H](/C=C/C(=O)Nc2ccccc2N)Oc2ccccc2)cc1. The smallest absolute Gasteiger partial charge is 0.412 e. The number of rotatable bonds is 10. The van der Waals surface area contributed by atoms with Crippen molar-refractivity contribution < 1.29 is 29.0 Å². The first-order valence-electron chi connectivity index (χ1n) is 14.1. The maximum absolute atomic E-state index is 13.4. The Morgan fingerprint density at radius 1 is 0.778 bits per heavy atom. The molecule has 0 unspecified atom stereocenters. The molecule has 5 rings (SSSR count). The molecule has 0 bridgehead atoms. The lowest BCUT2D eigenvalue weighted by Gasteiger charge is -2.27. The number of phenols is 1. The number of aromatic hydroxyl groups is 1. The van der Waals surface area contributed by atoms with E-state index in [9.17, 15) is 19.5 Å². The van der Waals surface area contributed by atoms with E-state index in [0.717, 1.165) is 0 Å². The van der Waals surface area contributed by atoms with Crippen LogP contribution in [-0.2, 0) is 9.53 Å². The van der Waals surface area contributed by atoms with Crippen LogP contribution < -0.4 is 21.1 Å². The Bertz CT molecular complexity index is 1850. The Morgan fingerprint density at radius 3 is 2.16 bits per heavy atom. The van der Waals surface area contributed by atoms with Gasteiger partial charge in [0.15, 0.2) is 18.0 Å². The van der Waals surface area contributed by atoms with Crippen molar-refractivity contribution in [1.82, 2.24) is 0 Å². The van der Waals surface area contributed by atoms with Gasteiger partial charge in [-0.2, -0.15) is 0 Å². The van der Waals surface area contributed by atoms with Crippen LogP contribution >= 0.6 is 0 Å². The van der Waals surface area contributed by atoms with Gasteiger partial charge in [-0.25, -0.2) is 4.79 Å². The summed E-state index contributed by atoms with van der Waals surface area (Å²) in [5, 5.41) is 17.2. The predicted octanol–water partition coefficient (Wildman–Crippen LogP) is 7.26. The van der Waals surface area contributed by atoms with Crippen LogP contribution in [-0.4, -0.2) is 29.0 Å². The van der Waals surface area contributed by atoms with Gasteiger partial charge in [-0.1, -0.05) is 60.7 Å². The van der Waals surface area contributed by atoms with Gasteiger partial charge in [-0.15, -0.1) is 0 Å².